The maximum Gasteiger partial charge on any atom is 0.229 e. The van der Waals surface area contributed by atoms with Gasteiger partial charge in [-0.25, -0.2) is 0 Å². The van der Waals surface area contributed by atoms with E-state index >= 15 is 0 Å². The van der Waals surface area contributed by atoms with Gasteiger partial charge in [-0.1, -0.05) is 24.3 Å². The van der Waals surface area contributed by atoms with Gasteiger partial charge in [-0.05, 0) is 24.5 Å². The Balaban J connectivity index is 1.58. The molecule has 1 aromatic rings. The highest BCUT2D eigenvalue weighted by molar-refractivity contribution is 5.83. The van der Waals surface area contributed by atoms with Gasteiger partial charge in [0.05, 0.1) is 18.6 Å². The zero-order valence-electron chi connectivity index (χ0n) is 11.2. The summed E-state index contributed by atoms with van der Waals surface area (Å²) in [5.41, 5.74) is 8.14. The van der Waals surface area contributed by atoms with Crippen molar-refractivity contribution >= 4 is 5.91 Å². The van der Waals surface area contributed by atoms with Crippen molar-refractivity contribution in [2.75, 3.05) is 19.8 Å². The molecule has 0 spiro atoms. The molecule has 4 nitrogen and oxygen atoms in total. The van der Waals surface area contributed by atoms with E-state index in [1.54, 1.807) is 0 Å². The molecule has 19 heavy (non-hydrogen) atoms. The van der Waals surface area contributed by atoms with Gasteiger partial charge in [-0.3, -0.25) is 4.79 Å². The number of hydrogen-bond donors (Lipinski definition) is 2. The smallest absolute Gasteiger partial charge is 0.229 e. The molecule has 1 fully saturated rings. The fourth-order valence-electron chi connectivity index (χ4n) is 2.89. The fraction of sp³-hybridized carbons (Fsp3) is 0.533. The van der Waals surface area contributed by atoms with Gasteiger partial charge in [0.25, 0.3) is 0 Å². The molecule has 1 aromatic carbocycles. The number of nitrogens with two attached hydrogens (primary N) is 1. The first-order valence-corrected chi connectivity index (χ1v) is 6.80. The van der Waals surface area contributed by atoms with Crippen molar-refractivity contribution in [2.24, 2.45) is 11.1 Å². The fourth-order valence-corrected chi connectivity index (χ4v) is 2.89. The first kappa shape index (κ1) is 12.6. The summed E-state index contributed by atoms with van der Waals surface area (Å²) >= 11 is 0. The minimum atomic E-state index is -0.580. The molecule has 1 saturated heterocycles. The Bertz CT molecular complexity index is 503. The van der Waals surface area contributed by atoms with Crippen LogP contribution in [0.5, 0.6) is 0 Å². The summed E-state index contributed by atoms with van der Waals surface area (Å²) in [6.07, 6.45) is 1.05. The highest BCUT2D eigenvalue weighted by atomic mass is 16.5. The third kappa shape index (κ3) is 2.05. The molecule has 102 valence electrons. The SMILES string of the molecule is CC1(C(=O)NCC2Cc3ccccc32)COCC1N. The van der Waals surface area contributed by atoms with Crippen molar-refractivity contribution in [3.63, 3.8) is 0 Å². The number of nitrogens with one attached hydrogen (secondary N) is 1. The van der Waals surface area contributed by atoms with E-state index in [4.69, 9.17) is 10.5 Å². The molecule has 3 rings (SSSR count). The van der Waals surface area contributed by atoms with Crippen LogP contribution in [-0.2, 0) is 16.0 Å². The topological polar surface area (TPSA) is 64.3 Å². The Kier molecular flexibility index (Phi) is 3.07. The molecule has 0 bridgehead atoms. The minimum Gasteiger partial charge on any atom is -0.379 e. The average molecular weight is 260 g/mol. The zero-order chi connectivity index (χ0) is 13.5. The molecule has 0 saturated carbocycles. The van der Waals surface area contributed by atoms with Gasteiger partial charge in [-0.15, -0.1) is 0 Å². The van der Waals surface area contributed by atoms with Crippen LogP contribution in [0, 0.1) is 5.41 Å². The second-order valence-electron chi connectivity index (χ2n) is 5.85. The molecule has 0 aromatic heterocycles. The van der Waals surface area contributed by atoms with Crippen molar-refractivity contribution in [1.29, 1.82) is 0 Å². The van der Waals surface area contributed by atoms with Crippen LogP contribution in [0.4, 0.5) is 0 Å². The van der Waals surface area contributed by atoms with Crippen LogP contribution in [0.2, 0.25) is 0 Å². The normalized spacial score (nSPS) is 32.5. The summed E-state index contributed by atoms with van der Waals surface area (Å²) < 4.78 is 5.31. The van der Waals surface area contributed by atoms with E-state index in [2.05, 4.69) is 29.6 Å². The Morgan fingerprint density at radius 3 is 3.00 bits per heavy atom. The summed E-state index contributed by atoms with van der Waals surface area (Å²) in [5.74, 6) is 0.462. The van der Waals surface area contributed by atoms with Crippen LogP contribution >= 0.6 is 0 Å². The van der Waals surface area contributed by atoms with Crippen molar-refractivity contribution in [3.8, 4) is 0 Å². The second kappa shape index (κ2) is 4.62. The van der Waals surface area contributed by atoms with Gasteiger partial charge in [-0.2, -0.15) is 0 Å². The molecule has 3 N–H and O–H groups in total. The van der Waals surface area contributed by atoms with Crippen molar-refractivity contribution < 1.29 is 9.53 Å². The lowest BCUT2D eigenvalue weighted by Crippen LogP contribution is -2.51. The van der Waals surface area contributed by atoms with Crippen LogP contribution < -0.4 is 11.1 Å². The molecule has 4 heteroatoms. The Hall–Kier alpha value is -1.39. The standard InChI is InChI=1S/C15H20N2O2/c1-15(9-19-8-13(15)16)14(18)17-7-11-6-10-4-2-3-5-12(10)11/h2-5,11,13H,6-9,16H2,1H3,(H,17,18). The Morgan fingerprint density at radius 1 is 1.53 bits per heavy atom. The van der Waals surface area contributed by atoms with Gasteiger partial charge in [0, 0.05) is 18.5 Å². The molecule has 1 heterocycles. The number of amides is 1. The van der Waals surface area contributed by atoms with Crippen LogP contribution in [0.1, 0.15) is 24.0 Å². The van der Waals surface area contributed by atoms with Crippen molar-refractivity contribution in [2.45, 2.75) is 25.3 Å². The molecule has 3 unspecified atom stereocenters. The Labute approximate surface area is 113 Å². The lowest BCUT2D eigenvalue weighted by Gasteiger charge is -2.32. The van der Waals surface area contributed by atoms with Gasteiger partial charge >= 0.3 is 0 Å². The second-order valence-corrected chi connectivity index (χ2v) is 5.85. The van der Waals surface area contributed by atoms with E-state index in [9.17, 15) is 4.79 Å². The first-order valence-electron chi connectivity index (χ1n) is 6.80. The first-order chi connectivity index (χ1) is 9.11. The number of benzene rings is 1. The number of carbonyl (C=O) groups is 1. The van der Waals surface area contributed by atoms with Crippen molar-refractivity contribution in [1.82, 2.24) is 5.32 Å². The van der Waals surface area contributed by atoms with Gasteiger partial charge in [0.1, 0.15) is 0 Å². The molecular formula is C15H20N2O2. The summed E-state index contributed by atoms with van der Waals surface area (Å²) in [6.45, 7) is 3.46. The molecule has 0 radical (unpaired) electrons. The summed E-state index contributed by atoms with van der Waals surface area (Å²) in [7, 11) is 0. The maximum atomic E-state index is 12.3. The molecular weight excluding hydrogens is 240 g/mol. The van der Waals surface area contributed by atoms with Crippen molar-refractivity contribution in [3.05, 3.63) is 35.4 Å². The molecule has 2 aliphatic rings. The number of hydrogen-bond acceptors (Lipinski definition) is 3. The van der Waals surface area contributed by atoms with Gasteiger partial charge in [0.2, 0.25) is 5.91 Å². The van der Waals surface area contributed by atoms with Crippen LogP contribution in [-0.4, -0.2) is 31.7 Å². The molecule has 1 amide bonds. The molecule has 1 aliphatic carbocycles. The van der Waals surface area contributed by atoms with E-state index in [0.29, 0.717) is 25.7 Å². The summed E-state index contributed by atoms with van der Waals surface area (Å²) in [6, 6.07) is 8.19. The van der Waals surface area contributed by atoms with E-state index in [1.807, 2.05) is 6.92 Å². The highest BCUT2D eigenvalue weighted by Crippen LogP contribution is 2.34. The average Bonchev–Trinajstić information content (AvgIpc) is 2.72. The van der Waals surface area contributed by atoms with Crippen LogP contribution in [0.25, 0.3) is 0 Å². The molecule has 3 atom stereocenters. The minimum absolute atomic E-state index is 0.0156. The third-order valence-corrected chi connectivity index (χ3v) is 4.51. The number of fused-ring (bicyclic) bond motifs is 1. The highest BCUT2D eigenvalue weighted by Gasteiger charge is 2.44. The zero-order valence-corrected chi connectivity index (χ0v) is 11.2. The quantitative estimate of drug-likeness (QED) is 0.845. The van der Waals surface area contributed by atoms with Gasteiger partial charge in [0.15, 0.2) is 0 Å². The lowest BCUT2D eigenvalue weighted by atomic mass is 9.77. The molecule has 1 aliphatic heterocycles. The predicted molar refractivity (Wildman–Crippen MR) is 72.8 cm³/mol. The summed E-state index contributed by atoms with van der Waals surface area (Å²) in [4.78, 5) is 12.3. The monoisotopic (exact) mass is 260 g/mol. The summed E-state index contributed by atoms with van der Waals surface area (Å²) in [5, 5.41) is 3.04. The number of rotatable bonds is 3. The Morgan fingerprint density at radius 2 is 2.32 bits per heavy atom. The van der Waals surface area contributed by atoms with E-state index in [0.717, 1.165) is 6.42 Å². The number of carbonyl (C=O) groups excluding carboxylic acids is 1. The maximum absolute atomic E-state index is 12.3. The third-order valence-electron chi connectivity index (χ3n) is 4.51. The lowest BCUT2D eigenvalue weighted by molar-refractivity contribution is -0.130. The van der Waals surface area contributed by atoms with E-state index in [1.165, 1.54) is 11.1 Å². The van der Waals surface area contributed by atoms with E-state index in [-0.39, 0.29) is 11.9 Å². The van der Waals surface area contributed by atoms with E-state index < -0.39 is 5.41 Å². The predicted octanol–water partition coefficient (Wildman–Crippen LogP) is 0.806. The largest absolute Gasteiger partial charge is 0.379 e. The van der Waals surface area contributed by atoms with Crippen LogP contribution in [0.3, 0.4) is 0 Å². The van der Waals surface area contributed by atoms with Crippen LogP contribution in [0.15, 0.2) is 24.3 Å². The van der Waals surface area contributed by atoms with Gasteiger partial charge < -0.3 is 15.8 Å². The number of ether oxygens (including phenoxy) is 1.